The number of fused-ring (bicyclic) bond motifs is 7. The molecule has 0 aliphatic heterocycles. The summed E-state index contributed by atoms with van der Waals surface area (Å²) in [5.74, 6) is 2.43. The molecule has 5 fully saturated rings. The number of hydrogen-bond donors (Lipinski definition) is 1. The molecule has 0 radical (unpaired) electrons. The first-order chi connectivity index (χ1) is 19.4. The van der Waals surface area contributed by atoms with E-state index in [1.165, 1.54) is 63.4 Å². The normalized spacial score (nSPS) is 46.0. The van der Waals surface area contributed by atoms with Crippen molar-refractivity contribution in [1.82, 2.24) is 0 Å². The van der Waals surface area contributed by atoms with Gasteiger partial charge < -0.3 is 9.84 Å². The first-order valence-electron chi connectivity index (χ1n) is 17.4. The van der Waals surface area contributed by atoms with Crippen LogP contribution < -0.4 is 0 Å². The Hall–Kier alpha value is -1.32. The summed E-state index contributed by atoms with van der Waals surface area (Å²) in [5, 5.41) is 9.28. The Bertz CT molecular complexity index is 1100. The van der Waals surface area contributed by atoms with E-state index < -0.39 is 11.4 Å². The molecular formula is C38H62O4. The fourth-order valence-corrected chi connectivity index (χ4v) is 13.1. The fourth-order valence-electron chi connectivity index (χ4n) is 13.1. The van der Waals surface area contributed by atoms with Crippen LogP contribution in [-0.4, -0.2) is 23.1 Å². The van der Waals surface area contributed by atoms with E-state index in [0.717, 1.165) is 24.7 Å². The molecule has 0 bridgehead atoms. The number of carbonyl (C=O) groups excluding carboxylic acids is 1. The molecule has 0 aromatic carbocycles. The third kappa shape index (κ3) is 4.65. The number of aliphatic carboxylic acids is 1. The first kappa shape index (κ1) is 32.1. The topological polar surface area (TPSA) is 63.6 Å². The van der Waals surface area contributed by atoms with E-state index in [1.807, 2.05) is 13.8 Å². The largest absolute Gasteiger partial charge is 0.481 e. The third-order valence-corrected chi connectivity index (χ3v) is 15.4. The van der Waals surface area contributed by atoms with E-state index >= 15 is 0 Å². The summed E-state index contributed by atoms with van der Waals surface area (Å²) in [5.41, 5.74) is 2.22. The van der Waals surface area contributed by atoms with Crippen molar-refractivity contribution in [3.05, 3.63) is 12.2 Å². The molecule has 3 unspecified atom stereocenters. The van der Waals surface area contributed by atoms with Crippen molar-refractivity contribution in [3.63, 3.8) is 0 Å². The van der Waals surface area contributed by atoms with Crippen LogP contribution in [-0.2, 0) is 14.3 Å². The minimum Gasteiger partial charge on any atom is -0.481 e. The van der Waals surface area contributed by atoms with Crippen LogP contribution in [0.3, 0.4) is 0 Å². The maximum absolute atomic E-state index is 13.1. The zero-order valence-electron chi connectivity index (χ0n) is 28.5. The van der Waals surface area contributed by atoms with Crippen LogP contribution in [0.4, 0.5) is 0 Å². The van der Waals surface area contributed by atoms with Gasteiger partial charge in [0.05, 0.1) is 12.8 Å². The average Bonchev–Trinajstić information content (AvgIpc) is 3.25. The summed E-state index contributed by atoms with van der Waals surface area (Å²) in [4.78, 5) is 24.4. The maximum Gasteiger partial charge on any atom is 0.306 e. The summed E-state index contributed by atoms with van der Waals surface area (Å²) in [6, 6.07) is 0. The molecule has 238 valence electrons. The number of allylic oxidation sites excluding steroid dienone is 1. The Morgan fingerprint density at radius 1 is 0.857 bits per heavy atom. The van der Waals surface area contributed by atoms with E-state index in [-0.39, 0.29) is 35.7 Å². The summed E-state index contributed by atoms with van der Waals surface area (Å²) < 4.78 is 6.25. The number of carboxylic acid groups (broad SMARTS) is 1. The molecular weight excluding hydrogens is 520 g/mol. The number of hydrogen-bond acceptors (Lipinski definition) is 3. The number of ether oxygens (including phenoxy) is 1. The van der Waals surface area contributed by atoms with E-state index in [2.05, 4.69) is 55.0 Å². The molecule has 0 amide bonds. The zero-order chi connectivity index (χ0) is 31.1. The predicted molar refractivity (Wildman–Crippen MR) is 170 cm³/mol. The predicted octanol–water partition coefficient (Wildman–Crippen LogP) is 9.86. The van der Waals surface area contributed by atoms with E-state index in [4.69, 9.17) is 4.74 Å². The molecule has 0 saturated heterocycles. The van der Waals surface area contributed by atoms with Gasteiger partial charge in [0.15, 0.2) is 0 Å². The van der Waals surface area contributed by atoms with Crippen molar-refractivity contribution in [2.45, 2.75) is 152 Å². The lowest BCUT2D eigenvalue weighted by Crippen LogP contribution is -2.66. The Balaban J connectivity index is 1.39. The van der Waals surface area contributed by atoms with Gasteiger partial charge in [-0.05, 0) is 128 Å². The Morgan fingerprint density at radius 2 is 1.55 bits per heavy atom. The molecule has 0 aromatic rings. The molecule has 4 heteroatoms. The molecule has 0 aromatic heterocycles. The molecule has 5 rings (SSSR count). The summed E-state index contributed by atoms with van der Waals surface area (Å²) in [6.45, 7) is 25.8. The quantitative estimate of drug-likeness (QED) is 0.240. The molecule has 5 saturated carbocycles. The fraction of sp³-hybridized carbons (Fsp3) is 0.895. The van der Waals surface area contributed by atoms with Crippen molar-refractivity contribution in [3.8, 4) is 0 Å². The van der Waals surface area contributed by atoms with Gasteiger partial charge in [0.1, 0.15) is 6.10 Å². The van der Waals surface area contributed by atoms with Gasteiger partial charge in [0, 0.05) is 5.41 Å². The molecule has 0 heterocycles. The Morgan fingerprint density at radius 3 is 2.17 bits per heavy atom. The van der Waals surface area contributed by atoms with Gasteiger partial charge in [-0.15, -0.1) is 0 Å². The monoisotopic (exact) mass is 582 g/mol. The smallest absolute Gasteiger partial charge is 0.306 e. The van der Waals surface area contributed by atoms with Gasteiger partial charge in [-0.25, -0.2) is 0 Å². The highest BCUT2D eigenvalue weighted by molar-refractivity contribution is 5.73. The van der Waals surface area contributed by atoms with Crippen molar-refractivity contribution >= 4 is 11.9 Å². The minimum absolute atomic E-state index is 0.0236. The zero-order valence-corrected chi connectivity index (χ0v) is 28.5. The summed E-state index contributed by atoms with van der Waals surface area (Å²) >= 11 is 0. The van der Waals surface area contributed by atoms with Gasteiger partial charge in [0.25, 0.3) is 0 Å². The van der Waals surface area contributed by atoms with E-state index in [0.29, 0.717) is 34.0 Å². The third-order valence-electron chi connectivity index (χ3n) is 15.4. The lowest BCUT2D eigenvalue weighted by atomic mass is 9.32. The summed E-state index contributed by atoms with van der Waals surface area (Å²) in [7, 11) is 0. The molecule has 10 atom stereocenters. The van der Waals surface area contributed by atoms with Crippen LogP contribution in [0, 0.1) is 62.1 Å². The number of rotatable bonds is 7. The van der Waals surface area contributed by atoms with Crippen molar-refractivity contribution in [2.24, 2.45) is 62.1 Å². The van der Waals surface area contributed by atoms with E-state index in [9.17, 15) is 14.7 Å². The second-order valence-corrected chi connectivity index (χ2v) is 18.2. The average molecular weight is 583 g/mol. The molecule has 5 aliphatic carbocycles. The molecule has 5 aliphatic rings. The van der Waals surface area contributed by atoms with Crippen LogP contribution in [0.2, 0.25) is 0 Å². The van der Waals surface area contributed by atoms with Crippen LogP contribution >= 0.6 is 0 Å². The Labute approximate surface area is 257 Å². The van der Waals surface area contributed by atoms with Gasteiger partial charge in [-0.2, -0.15) is 0 Å². The SMILES string of the molecule is C=C(C)[C@@H]1CC[C@]2(CC)CC[C@]3(C)[C@H](CCC4[C@@]5(C)CC[C@H](OC(=O)CC(C)(C)CC(=O)O)C(C)(C)C5CC[C@]43C)C12. The highest BCUT2D eigenvalue weighted by Gasteiger charge is 2.70. The van der Waals surface area contributed by atoms with E-state index in [1.54, 1.807) is 0 Å². The lowest BCUT2D eigenvalue weighted by Gasteiger charge is -2.73. The summed E-state index contributed by atoms with van der Waals surface area (Å²) in [6.07, 6.45) is 14.1. The highest BCUT2D eigenvalue weighted by atomic mass is 16.5. The van der Waals surface area contributed by atoms with Crippen LogP contribution in [0.15, 0.2) is 12.2 Å². The lowest BCUT2D eigenvalue weighted by molar-refractivity contribution is -0.250. The van der Waals surface area contributed by atoms with Crippen molar-refractivity contribution in [2.75, 3.05) is 0 Å². The van der Waals surface area contributed by atoms with Gasteiger partial charge in [0.2, 0.25) is 0 Å². The van der Waals surface area contributed by atoms with Crippen LogP contribution in [0.1, 0.15) is 146 Å². The number of carbonyl (C=O) groups is 2. The molecule has 4 nitrogen and oxygen atoms in total. The molecule has 42 heavy (non-hydrogen) atoms. The highest BCUT2D eigenvalue weighted by Crippen LogP contribution is 2.78. The molecule has 1 N–H and O–H groups in total. The Kier molecular flexibility index (Phi) is 7.92. The van der Waals surface area contributed by atoms with Crippen molar-refractivity contribution < 1.29 is 19.4 Å². The second kappa shape index (κ2) is 10.4. The first-order valence-corrected chi connectivity index (χ1v) is 17.4. The number of esters is 1. The van der Waals surface area contributed by atoms with Gasteiger partial charge in [-0.1, -0.05) is 74.0 Å². The minimum atomic E-state index is -0.864. The van der Waals surface area contributed by atoms with Gasteiger partial charge in [-0.3, -0.25) is 9.59 Å². The van der Waals surface area contributed by atoms with Crippen LogP contribution in [0.25, 0.3) is 0 Å². The standard InChI is InChI=1S/C38H62O4/c1-11-38-19-14-25(24(2)3)32(38)26-12-13-28-35(8)17-16-29(42-31(41)23-33(4,5)22-30(39)40)34(6,7)27(35)15-18-37(28,10)36(26,9)20-21-38/h25-29,32H,2,11-23H2,1,3-10H3,(H,39,40)/t25-,26+,27?,28?,29-,32?,35-,36+,37+,38+/m0/s1. The van der Waals surface area contributed by atoms with Crippen molar-refractivity contribution in [1.29, 1.82) is 0 Å². The number of carboxylic acids is 1. The second-order valence-electron chi connectivity index (χ2n) is 18.2. The maximum atomic E-state index is 13.1. The van der Waals surface area contributed by atoms with Gasteiger partial charge >= 0.3 is 11.9 Å². The molecule has 0 spiro atoms. The van der Waals surface area contributed by atoms with Crippen LogP contribution in [0.5, 0.6) is 0 Å².